The van der Waals surface area contributed by atoms with Gasteiger partial charge in [0.25, 0.3) is 11.5 Å². The Morgan fingerprint density at radius 2 is 1.81 bits per heavy atom. The number of pyridine rings is 3. The van der Waals surface area contributed by atoms with Crippen LogP contribution in [0.1, 0.15) is 27.0 Å². The van der Waals surface area contributed by atoms with Gasteiger partial charge < -0.3 is 19.7 Å². The summed E-state index contributed by atoms with van der Waals surface area (Å²) < 4.78 is 70.2. The maximum Gasteiger partial charge on any atom is 0.411 e. The topological polar surface area (TPSA) is 151 Å². The van der Waals surface area contributed by atoms with Gasteiger partial charge in [0, 0.05) is 62.3 Å². The number of alkyl halides is 3. The van der Waals surface area contributed by atoms with Gasteiger partial charge in [0.05, 0.1) is 53.7 Å². The predicted molar refractivity (Wildman–Crippen MR) is 201 cm³/mol. The number of carbonyl (C=O) groups excluding carboxylic acids is 2. The van der Waals surface area contributed by atoms with Crippen LogP contribution in [0.25, 0.3) is 27.5 Å². The molecular weight excluding hydrogens is 750 g/mol. The lowest BCUT2D eigenvalue weighted by Gasteiger charge is -2.38. The average molecular weight is 786 g/mol. The van der Waals surface area contributed by atoms with Gasteiger partial charge in [0.1, 0.15) is 17.9 Å². The molecule has 4 aromatic heterocycles. The van der Waals surface area contributed by atoms with Gasteiger partial charge in [0.15, 0.2) is 0 Å². The summed E-state index contributed by atoms with van der Waals surface area (Å²) in [4.78, 5) is 68.4. The Morgan fingerprint density at radius 1 is 1.02 bits per heavy atom. The van der Waals surface area contributed by atoms with E-state index in [2.05, 4.69) is 20.3 Å². The first-order valence-electron chi connectivity index (χ1n) is 17.8. The number of halogens is 4. The van der Waals surface area contributed by atoms with E-state index in [9.17, 15) is 32.3 Å². The van der Waals surface area contributed by atoms with Crippen molar-refractivity contribution in [3.63, 3.8) is 0 Å². The van der Waals surface area contributed by atoms with Gasteiger partial charge in [0.2, 0.25) is 0 Å². The fourth-order valence-corrected chi connectivity index (χ4v) is 7.01. The Balaban J connectivity index is 1.23. The van der Waals surface area contributed by atoms with Crippen LogP contribution < -0.4 is 21.5 Å². The van der Waals surface area contributed by atoms with Crippen LogP contribution in [0, 0.1) is 12.7 Å². The van der Waals surface area contributed by atoms with E-state index in [0.29, 0.717) is 22.9 Å². The molecule has 0 spiro atoms. The largest absolute Gasteiger partial charge is 0.464 e. The fraction of sp³-hybridized carbons (Fsp3) is 0.275. The van der Waals surface area contributed by atoms with Crippen molar-refractivity contribution in [1.82, 2.24) is 29.4 Å². The van der Waals surface area contributed by atoms with E-state index in [1.807, 2.05) is 0 Å². The minimum Gasteiger partial charge on any atom is -0.464 e. The minimum atomic E-state index is -4.65. The number of amides is 1. The van der Waals surface area contributed by atoms with E-state index in [4.69, 9.17) is 9.47 Å². The van der Waals surface area contributed by atoms with Crippen molar-refractivity contribution in [2.45, 2.75) is 38.0 Å². The molecule has 2 atom stereocenters. The van der Waals surface area contributed by atoms with Gasteiger partial charge in [-0.25, -0.2) is 18.5 Å². The molecule has 0 bridgehead atoms. The van der Waals surface area contributed by atoms with E-state index in [0.717, 1.165) is 21.1 Å². The van der Waals surface area contributed by atoms with Crippen molar-refractivity contribution < 1.29 is 36.6 Å². The highest BCUT2D eigenvalue weighted by molar-refractivity contribution is 5.99. The summed E-state index contributed by atoms with van der Waals surface area (Å²) in [5.41, 5.74) is 0.264. The number of anilines is 1. The van der Waals surface area contributed by atoms with Crippen molar-refractivity contribution in [1.29, 1.82) is 0 Å². The summed E-state index contributed by atoms with van der Waals surface area (Å²) in [6.07, 6.45) is 3.01. The Morgan fingerprint density at radius 3 is 2.56 bits per heavy atom. The Bertz CT molecular complexity index is 2590. The number of aryl methyl sites for hydroxylation is 2. The molecule has 294 valence electrons. The van der Waals surface area contributed by atoms with Gasteiger partial charge in [-0.05, 0) is 60.0 Å². The fourth-order valence-electron chi connectivity index (χ4n) is 7.01. The molecule has 1 fully saturated rings. The molecule has 6 aromatic rings. The van der Waals surface area contributed by atoms with Crippen molar-refractivity contribution in [3.05, 3.63) is 134 Å². The predicted octanol–water partition coefficient (Wildman–Crippen LogP) is 4.37. The molecule has 57 heavy (non-hydrogen) atoms. The maximum atomic E-state index is 15.8. The Kier molecular flexibility index (Phi) is 10.8. The zero-order valence-corrected chi connectivity index (χ0v) is 30.6. The number of hydrogen-bond acceptors (Lipinski definition) is 10. The maximum absolute atomic E-state index is 15.8. The van der Waals surface area contributed by atoms with Crippen LogP contribution in [0.2, 0.25) is 0 Å². The van der Waals surface area contributed by atoms with E-state index in [1.165, 1.54) is 55.3 Å². The molecule has 5 heterocycles. The number of ether oxygens (including phenoxy) is 2. The molecule has 1 unspecified atom stereocenters. The van der Waals surface area contributed by atoms with Crippen molar-refractivity contribution >= 4 is 39.4 Å². The summed E-state index contributed by atoms with van der Waals surface area (Å²) >= 11 is 0. The molecule has 1 N–H and O–H groups in total. The van der Waals surface area contributed by atoms with Crippen LogP contribution in [0.5, 0.6) is 0 Å². The number of esters is 1. The van der Waals surface area contributed by atoms with Crippen LogP contribution in [0.3, 0.4) is 0 Å². The van der Waals surface area contributed by atoms with Crippen LogP contribution in [0.15, 0.2) is 95.2 Å². The molecule has 1 aliphatic rings. The zero-order valence-electron chi connectivity index (χ0n) is 30.6. The summed E-state index contributed by atoms with van der Waals surface area (Å²) in [6.45, 7) is 0.530. The molecule has 1 saturated heterocycles. The van der Waals surface area contributed by atoms with Gasteiger partial charge in [-0.2, -0.15) is 13.2 Å². The highest BCUT2D eigenvalue weighted by Gasteiger charge is 2.45. The number of rotatable bonds is 10. The van der Waals surface area contributed by atoms with Gasteiger partial charge in [-0.3, -0.25) is 29.1 Å². The van der Waals surface area contributed by atoms with E-state index in [-0.39, 0.29) is 54.0 Å². The first kappa shape index (κ1) is 38.8. The molecule has 0 aliphatic carbocycles. The second kappa shape index (κ2) is 15.9. The molecular formula is C40H35F4N7O6. The first-order valence-corrected chi connectivity index (χ1v) is 17.8. The number of morpholine rings is 1. The molecule has 0 radical (unpaired) electrons. The van der Waals surface area contributed by atoms with E-state index >= 15 is 4.39 Å². The second-order valence-electron chi connectivity index (χ2n) is 13.5. The van der Waals surface area contributed by atoms with Crippen molar-refractivity contribution in [2.24, 2.45) is 7.05 Å². The van der Waals surface area contributed by atoms with Gasteiger partial charge in [-0.1, -0.05) is 18.2 Å². The first-order chi connectivity index (χ1) is 27.3. The SMILES string of the molecule is Cc1cc(N2CCOC[C@@H]2C(F)(F)F)cc(F)c1C(=O)NC(Cc1ccc(-n2c(=O)c3ccncc3n(C)c2=O)c2ncccc12)C(=O)OCCc1cccnc1. The summed E-state index contributed by atoms with van der Waals surface area (Å²) in [5.74, 6) is -2.94. The standard InChI is InChI=1S/C40H35F4N7O6/c1-23-17-26(50-14-16-56-22-33(50)40(42,43)44)19-29(41)34(23)36(52)48-30(38(54)57-15-10-24-5-3-11-45-20-24)18-25-7-8-31(35-27(25)6-4-12-47-35)51-37(53)28-9-13-46-21-32(28)49(2)39(51)55/h3-9,11-13,17,19-21,30,33H,10,14-16,18,22H2,1-2H3,(H,48,52)/t30?,33-/m1/s1. The van der Waals surface area contributed by atoms with Crippen molar-refractivity contribution in [2.75, 3.05) is 31.3 Å². The third kappa shape index (κ3) is 7.82. The highest BCUT2D eigenvalue weighted by atomic mass is 19.4. The number of nitrogens with one attached hydrogen (secondary N) is 1. The Labute approximate surface area is 321 Å². The summed E-state index contributed by atoms with van der Waals surface area (Å²) in [6, 6.07) is 10.2. The molecule has 17 heteroatoms. The third-order valence-electron chi connectivity index (χ3n) is 9.86. The van der Waals surface area contributed by atoms with E-state index < -0.39 is 59.4 Å². The number of aromatic nitrogens is 5. The number of nitrogens with zero attached hydrogens (tertiary/aromatic N) is 6. The molecule has 1 amide bonds. The average Bonchev–Trinajstić information content (AvgIpc) is 3.20. The van der Waals surface area contributed by atoms with E-state index in [1.54, 1.807) is 42.7 Å². The molecule has 0 saturated carbocycles. The summed E-state index contributed by atoms with van der Waals surface area (Å²) in [7, 11) is 1.51. The number of carbonyl (C=O) groups is 2. The number of hydrogen-bond donors (Lipinski definition) is 1. The lowest BCUT2D eigenvalue weighted by molar-refractivity contribution is -0.167. The molecule has 1 aliphatic heterocycles. The molecule has 13 nitrogen and oxygen atoms in total. The number of fused-ring (bicyclic) bond motifs is 2. The van der Waals surface area contributed by atoms with Crippen LogP contribution >= 0.6 is 0 Å². The molecule has 7 rings (SSSR count). The van der Waals surface area contributed by atoms with Crippen LogP contribution in [-0.4, -0.2) is 80.6 Å². The lowest BCUT2D eigenvalue weighted by Crippen LogP contribution is -2.53. The second-order valence-corrected chi connectivity index (χ2v) is 13.5. The normalized spacial score (nSPS) is 15.1. The quantitative estimate of drug-likeness (QED) is 0.157. The third-order valence-corrected chi connectivity index (χ3v) is 9.86. The number of benzene rings is 2. The van der Waals surface area contributed by atoms with Crippen LogP contribution in [-0.2, 0) is 34.2 Å². The zero-order chi connectivity index (χ0) is 40.4. The van der Waals surface area contributed by atoms with Gasteiger partial charge in [-0.15, -0.1) is 0 Å². The monoisotopic (exact) mass is 785 g/mol. The van der Waals surface area contributed by atoms with Crippen molar-refractivity contribution in [3.8, 4) is 5.69 Å². The summed E-state index contributed by atoms with van der Waals surface area (Å²) in [5, 5.41) is 3.28. The highest BCUT2D eigenvalue weighted by Crippen LogP contribution is 2.33. The Hall–Kier alpha value is -6.49. The van der Waals surface area contributed by atoms with Gasteiger partial charge >= 0.3 is 17.8 Å². The minimum absolute atomic E-state index is 0.00138. The lowest BCUT2D eigenvalue weighted by atomic mass is 9.99. The molecule has 2 aromatic carbocycles. The van der Waals surface area contributed by atoms with Crippen LogP contribution in [0.4, 0.5) is 23.2 Å². The smallest absolute Gasteiger partial charge is 0.411 e.